The van der Waals surface area contributed by atoms with Crippen LogP contribution in [-0.2, 0) is 4.79 Å². The van der Waals surface area contributed by atoms with Gasteiger partial charge >= 0.3 is 0 Å². The van der Waals surface area contributed by atoms with E-state index in [0.29, 0.717) is 12.6 Å². The number of nitrogens with one attached hydrogen (secondary N) is 2. The lowest BCUT2D eigenvalue weighted by Crippen LogP contribution is -2.38. The second-order valence-corrected chi connectivity index (χ2v) is 4.07. The van der Waals surface area contributed by atoms with Gasteiger partial charge in [-0.3, -0.25) is 4.79 Å². The summed E-state index contributed by atoms with van der Waals surface area (Å²) in [6.07, 6.45) is 6.12. The number of hydrogen-bond donors (Lipinski definition) is 2. The highest BCUT2D eigenvalue weighted by molar-refractivity contribution is 5.78. The molecule has 1 amide bonds. The number of rotatable bonds is 9. The summed E-state index contributed by atoms with van der Waals surface area (Å²) in [5, 5.41) is 13.9. The van der Waals surface area contributed by atoms with Crippen molar-refractivity contribution in [2.75, 3.05) is 13.1 Å². The van der Waals surface area contributed by atoms with Crippen molar-refractivity contribution >= 4 is 5.91 Å². The quantitative estimate of drug-likeness (QED) is 0.462. The van der Waals surface area contributed by atoms with Crippen molar-refractivity contribution in [3.63, 3.8) is 0 Å². The Bertz CT molecular complexity index is 223. The summed E-state index contributed by atoms with van der Waals surface area (Å²) in [6, 6.07) is 2.24. The number of amides is 1. The standard InChI is InChI=1S/C12H23N3O/c1-3-4-5-6-7-11(2)15-10-12(16)14-9-8-13/h11,15H,3-7,9-10H2,1-2H3,(H,14,16). The van der Waals surface area contributed by atoms with Gasteiger partial charge in [0.15, 0.2) is 0 Å². The van der Waals surface area contributed by atoms with E-state index in [1.165, 1.54) is 25.7 Å². The first-order chi connectivity index (χ1) is 7.70. The van der Waals surface area contributed by atoms with E-state index in [4.69, 9.17) is 5.26 Å². The number of nitriles is 1. The molecule has 0 bridgehead atoms. The molecule has 0 saturated heterocycles. The number of carbonyl (C=O) groups is 1. The molecule has 92 valence electrons. The Morgan fingerprint density at radius 1 is 1.38 bits per heavy atom. The van der Waals surface area contributed by atoms with Crippen LogP contribution in [-0.4, -0.2) is 25.0 Å². The van der Waals surface area contributed by atoms with E-state index in [0.717, 1.165) is 6.42 Å². The lowest BCUT2D eigenvalue weighted by molar-refractivity contribution is -0.120. The highest BCUT2D eigenvalue weighted by atomic mass is 16.1. The van der Waals surface area contributed by atoms with Crippen LogP contribution in [0.2, 0.25) is 0 Å². The summed E-state index contributed by atoms with van der Waals surface area (Å²) in [5.74, 6) is -0.109. The Kier molecular flexibility index (Phi) is 9.73. The molecule has 1 atom stereocenters. The normalized spacial score (nSPS) is 11.8. The van der Waals surface area contributed by atoms with E-state index in [1.54, 1.807) is 0 Å². The SMILES string of the molecule is CCCCCCC(C)NCC(=O)NCC#N. The van der Waals surface area contributed by atoms with Gasteiger partial charge in [-0.2, -0.15) is 5.26 Å². The molecule has 0 spiro atoms. The van der Waals surface area contributed by atoms with Gasteiger partial charge < -0.3 is 10.6 Å². The lowest BCUT2D eigenvalue weighted by Gasteiger charge is -2.12. The monoisotopic (exact) mass is 225 g/mol. The Balaban J connectivity index is 3.39. The maximum absolute atomic E-state index is 11.2. The van der Waals surface area contributed by atoms with Crippen LogP contribution in [0.1, 0.15) is 46.0 Å². The minimum atomic E-state index is -0.109. The lowest BCUT2D eigenvalue weighted by atomic mass is 10.1. The fourth-order valence-electron chi connectivity index (χ4n) is 1.45. The molecule has 16 heavy (non-hydrogen) atoms. The smallest absolute Gasteiger partial charge is 0.234 e. The molecule has 0 aliphatic rings. The summed E-state index contributed by atoms with van der Waals surface area (Å²) in [4.78, 5) is 11.2. The molecule has 0 aromatic rings. The molecule has 4 nitrogen and oxygen atoms in total. The molecule has 0 aliphatic heterocycles. The fourth-order valence-corrected chi connectivity index (χ4v) is 1.45. The molecule has 0 heterocycles. The molecule has 0 aromatic carbocycles. The molecule has 0 rings (SSSR count). The number of hydrogen-bond acceptors (Lipinski definition) is 3. The van der Waals surface area contributed by atoms with Gasteiger partial charge in [0.1, 0.15) is 6.54 Å². The maximum Gasteiger partial charge on any atom is 0.234 e. The van der Waals surface area contributed by atoms with Gasteiger partial charge in [0, 0.05) is 6.04 Å². The van der Waals surface area contributed by atoms with Gasteiger partial charge in [-0.25, -0.2) is 0 Å². The molecule has 0 fully saturated rings. The van der Waals surface area contributed by atoms with Gasteiger partial charge in [-0.15, -0.1) is 0 Å². The molecular formula is C12H23N3O. The van der Waals surface area contributed by atoms with Crippen molar-refractivity contribution in [2.24, 2.45) is 0 Å². The summed E-state index contributed by atoms with van der Waals surface area (Å²) in [6.45, 7) is 4.67. The van der Waals surface area contributed by atoms with Gasteiger partial charge in [0.25, 0.3) is 0 Å². The molecule has 0 aliphatic carbocycles. The van der Waals surface area contributed by atoms with Crippen LogP contribution in [0, 0.1) is 11.3 Å². The summed E-state index contributed by atoms with van der Waals surface area (Å²) >= 11 is 0. The second-order valence-electron chi connectivity index (χ2n) is 4.07. The third-order valence-electron chi connectivity index (χ3n) is 2.47. The Labute approximate surface area is 98.4 Å². The zero-order valence-corrected chi connectivity index (χ0v) is 10.4. The van der Waals surface area contributed by atoms with Crippen molar-refractivity contribution in [1.82, 2.24) is 10.6 Å². The zero-order chi connectivity index (χ0) is 12.2. The van der Waals surface area contributed by atoms with Gasteiger partial charge in [-0.1, -0.05) is 32.6 Å². The average molecular weight is 225 g/mol. The van der Waals surface area contributed by atoms with Crippen molar-refractivity contribution in [2.45, 2.75) is 52.0 Å². The van der Waals surface area contributed by atoms with Crippen LogP contribution in [0.15, 0.2) is 0 Å². The molecule has 0 radical (unpaired) electrons. The first kappa shape index (κ1) is 14.9. The maximum atomic E-state index is 11.2. The van der Waals surface area contributed by atoms with E-state index in [2.05, 4.69) is 24.5 Å². The fraction of sp³-hybridized carbons (Fsp3) is 0.833. The number of carbonyl (C=O) groups excluding carboxylic acids is 1. The molecule has 0 aromatic heterocycles. The molecular weight excluding hydrogens is 202 g/mol. The minimum Gasteiger partial charge on any atom is -0.342 e. The van der Waals surface area contributed by atoms with Crippen LogP contribution in [0.3, 0.4) is 0 Å². The predicted molar refractivity (Wildman–Crippen MR) is 64.8 cm³/mol. The minimum absolute atomic E-state index is 0.0887. The van der Waals surface area contributed by atoms with E-state index in [-0.39, 0.29) is 12.5 Å². The Morgan fingerprint density at radius 2 is 2.12 bits per heavy atom. The van der Waals surface area contributed by atoms with Gasteiger partial charge in [-0.05, 0) is 13.3 Å². The largest absolute Gasteiger partial charge is 0.342 e. The van der Waals surface area contributed by atoms with E-state index >= 15 is 0 Å². The Morgan fingerprint density at radius 3 is 2.75 bits per heavy atom. The predicted octanol–water partition coefficient (Wildman–Crippen LogP) is 1.57. The van der Waals surface area contributed by atoms with Crippen molar-refractivity contribution in [1.29, 1.82) is 5.26 Å². The highest BCUT2D eigenvalue weighted by Crippen LogP contribution is 2.04. The van der Waals surface area contributed by atoms with Crippen LogP contribution in [0.25, 0.3) is 0 Å². The third-order valence-corrected chi connectivity index (χ3v) is 2.47. The van der Waals surface area contributed by atoms with Crippen molar-refractivity contribution < 1.29 is 4.79 Å². The highest BCUT2D eigenvalue weighted by Gasteiger charge is 2.04. The van der Waals surface area contributed by atoms with E-state index < -0.39 is 0 Å². The number of nitrogens with zero attached hydrogens (tertiary/aromatic N) is 1. The van der Waals surface area contributed by atoms with Crippen molar-refractivity contribution in [3.05, 3.63) is 0 Å². The average Bonchev–Trinajstić information content (AvgIpc) is 2.29. The molecule has 1 unspecified atom stereocenters. The van der Waals surface area contributed by atoms with Crippen molar-refractivity contribution in [3.8, 4) is 6.07 Å². The van der Waals surface area contributed by atoms with E-state index in [9.17, 15) is 4.79 Å². The molecule has 2 N–H and O–H groups in total. The van der Waals surface area contributed by atoms with Gasteiger partial charge in [0.05, 0.1) is 12.6 Å². The number of unbranched alkanes of at least 4 members (excludes halogenated alkanes) is 3. The molecule has 0 saturated carbocycles. The van der Waals surface area contributed by atoms with Crippen LogP contribution < -0.4 is 10.6 Å². The third kappa shape index (κ3) is 9.47. The van der Waals surface area contributed by atoms with Crippen LogP contribution in [0.5, 0.6) is 0 Å². The topological polar surface area (TPSA) is 64.9 Å². The van der Waals surface area contributed by atoms with E-state index in [1.807, 2.05) is 6.07 Å². The summed E-state index contributed by atoms with van der Waals surface area (Å²) in [7, 11) is 0. The van der Waals surface area contributed by atoms with Gasteiger partial charge in [0.2, 0.25) is 5.91 Å². The summed E-state index contributed by atoms with van der Waals surface area (Å²) < 4.78 is 0. The van der Waals surface area contributed by atoms with Crippen LogP contribution >= 0.6 is 0 Å². The second kappa shape index (κ2) is 10.4. The Hall–Kier alpha value is -1.08. The molecule has 4 heteroatoms. The first-order valence-electron chi connectivity index (χ1n) is 6.07. The first-order valence-corrected chi connectivity index (χ1v) is 6.07. The summed E-state index contributed by atoms with van der Waals surface area (Å²) in [5.41, 5.74) is 0. The zero-order valence-electron chi connectivity index (χ0n) is 10.4. The van der Waals surface area contributed by atoms with Crippen LogP contribution in [0.4, 0.5) is 0 Å².